The third-order valence-corrected chi connectivity index (χ3v) is 7.30. The van der Waals surface area contributed by atoms with E-state index in [1.165, 1.54) is 25.7 Å². The summed E-state index contributed by atoms with van der Waals surface area (Å²) in [7, 11) is -1.05. The van der Waals surface area contributed by atoms with Crippen molar-refractivity contribution in [3.63, 3.8) is 0 Å². The Morgan fingerprint density at radius 1 is 1.14 bits per heavy atom. The monoisotopic (exact) mass is 421 g/mol. The molecule has 0 bridgehead atoms. The van der Waals surface area contributed by atoms with Crippen LogP contribution in [0, 0.1) is 3.57 Å². The van der Waals surface area contributed by atoms with E-state index in [1.54, 1.807) is 0 Å². The van der Waals surface area contributed by atoms with Crippen molar-refractivity contribution in [1.29, 1.82) is 0 Å². The summed E-state index contributed by atoms with van der Waals surface area (Å²) >= 11 is 2.31. The first-order valence-corrected chi connectivity index (χ1v) is 10.4. The van der Waals surface area contributed by atoms with E-state index < -0.39 is 9.84 Å². The van der Waals surface area contributed by atoms with E-state index in [1.807, 2.05) is 7.05 Å². The Morgan fingerprint density at radius 2 is 1.86 bits per heavy atom. The van der Waals surface area contributed by atoms with E-state index in [0.29, 0.717) is 18.2 Å². The molecule has 1 saturated heterocycles. The molecule has 0 spiro atoms. The van der Waals surface area contributed by atoms with Crippen LogP contribution in [0.4, 0.5) is 5.82 Å². The first-order valence-electron chi connectivity index (χ1n) is 7.45. The van der Waals surface area contributed by atoms with Crippen molar-refractivity contribution in [1.82, 2.24) is 9.97 Å². The second-order valence-corrected chi connectivity index (χ2v) is 9.27. The van der Waals surface area contributed by atoms with Crippen molar-refractivity contribution in [3.05, 3.63) is 15.1 Å². The topological polar surface area (TPSA) is 72.0 Å². The molecule has 2 heterocycles. The SMILES string of the molecule is CNc1nc(C2CCS(=O)(=O)C2)nc(C2CCCC2)c1I. The van der Waals surface area contributed by atoms with Crippen LogP contribution in [0.25, 0.3) is 0 Å². The van der Waals surface area contributed by atoms with Gasteiger partial charge in [-0.05, 0) is 41.9 Å². The van der Waals surface area contributed by atoms with Gasteiger partial charge in [-0.1, -0.05) is 12.8 Å². The zero-order valence-electron chi connectivity index (χ0n) is 12.1. The lowest BCUT2D eigenvalue weighted by molar-refractivity contribution is 0.600. The number of nitrogens with zero attached hydrogens (tertiary/aromatic N) is 2. The standard InChI is InChI=1S/C14H20IN3O2S/c1-16-14-11(15)12(9-4-2-3-5-9)17-13(18-14)10-6-7-21(19,20)8-10/h9-10H,2-8H2,1H3,(H,16,17,18). The molecule has 2 aliphatic rings. The molecule has 1 aromatic rings. The molecule has 3 rings (SSSR count). The van der Waals surface area contributed by atoms with Crippen LogP contribution in [0.15, 0.2) is 0 Å². The minimum atomic E-state index is -2.91. The van der Waals surface area contributed by atoms with Crippen LogP contribution < -0.4 is 5.32 Å². The highest BCUT2D eigenvalue weighted by Crippen LogP contribution is 2.38. The van der Waals surface area contributed by atoms with E-state index >= 15 is 0 Å². The second kappa shape index (κ2) is 5.98. The Morgan fingerprint density at radius 3 is 2.43 bits per heavy atom. The van der Waals surface area contributed by atoms with Crippen LogP contribution in [-0.2, 0) is 9.84 Å². The van der Waals surface area contributed by atoms with Crippen molar-refractivity contribution >= 4 is 38.2 Å². The number of hydrogen-bond donors (Lipinski definition) is 1. The minimum absolute atomic E-state index is 0.0424. The summed E-state index contributed by atoms with van der Waals surface area (Å²) in [6, 6.07) is 0. The maximum atomic E-state index is 11.7. The highest BCUT2D eigenvalue weighted by Gasteiger charge is 2.33. The van der Waals surface area contributed by atoms with Crippen molar-refractivity contribution in [2.45, 2.75) is 43.9 Å². The fourth-order valence-corrected chi connectivity index (χ4v) is 5.99. The summed E-state index contributed by atoms with van der Waals surface area (Å²) in [5, 5.41) is 3.14. The van der Waals surface area contributed by atoms with Gasteiger partial charge in [0.2, 0.25) is 0 Å². The summed E-state index contributed by atoms with van der Waals surface area (Å²) in [6.45, 7) is 0. The van der Waals surface area contributed by atoms with Crippen molar-refractivity contribution in [2.24, 2.45) is 0 Å². The zero-order valence-corrected chi connectivity index (χ0v) is 15.1. The summed E-state index contributed by atoms with van der Waals surface area (Å²) in [5.74, 6) is 2.47. The summed E-state index contributed by atoms with van der Waals surface area (Å²) in [5.41, 5.74) is 1.12. The van der Waals surface area contributed by atoms with E-state index in [9.17, 15) is 8.42 Å². The average Bonchev–Trinajstić information content (AvgIpc) is 3.08. The molecule has 5 nitrogen and oxygen atoms in total. The quantitative estimate of drug-likeness (QED) is 0.760. The van der Waals surface area contributed by atoms with Gasteiger partial charge in [-0.25, -0.2) is 18.4 Å². The van der Waals surface area contributed by atoms with Gasteiger partial charge in [-0.2, -0.15) is 0 Å². The van der Waals surface area contributed by atoms with Crippen LogP contribution in [0.1, 0.15) is 55.5 Å². The Labute approximate surface area is 139 Å². The fraction of sp³-hybridized carbons (Fsp3) is 0.714. The van der Waals surface area contributed by atoms with Gasteiger partial charge in [-0.15, -0.1) is 0 Å². The van der Waals surface area contributed by atoms with E-state index in [2.05, 4.69) is 32.9 Å². The second-order valence-electron chi connectivity index (χ2n) is 5.96. The van der Waals surface area contributed by atoms with E-state index in [0.717, 1.165) is 15.1 Å². The smallest absolute Gasteiger partial charge is 0.151 e. The van der Waals surface area contributed by atoms with Crippen molar-refractivity contribution in [3.8, 4) is 0 Å². The van der Waals surface area contributed by atoms with Gasteiger partial charge < -0.3 is 5.32 Å². The molecular weight excluding hydrogens is 401 g/mol. The highest BCUT2D eigenvalue weighted by atomic mass is 127. The molecule has 2 fully saturated rings. The van der Waals surface area contributed by atoms with E-state index in [4.69, 9.17) is 4.98 Å². The molecule has 0 amide bonds. The summed E-state index contributed by atoms with van der Waals surface area (Å²) in [6.07, 6.45) is 5.52. The first kappa shape index (κ1) is 15.5. The third-order valence-electron chi connectivity index (χ3n) is 4.47. The molecule has 1 atom stereocenters. The van der Waals surface area contributed by atoms with Gasteiger partial charge in [0.1, 0.15) is 11.6 Å². The van der Waals surface area contributed by atoms with Gasteiger partial charge in [0.15, 0.2) is 9.84 Å². The number of halogens is 1. The average molecular weight is 421 g/mol. The number of sulfone groups is 1. The predicted octanol–water partition coefficient (Wildman–Crippen LogP) is 2.68. The Balaban J connectivity index is 1.99. The number of rotatable bonds is 3. The molecule has 116 valence electrons. The van der Waals surface area contributed by atoms with Gasteiger partial charge in [0, 0.05) is 18.9 Å². The third kappa shape index (κ3) is 3.18. The van der Waals surface area contributed by atoms with Crippen molar-refractivity contribution < 1.29 is 8.42 Å². The van der Waals surface area contributed by atoms with Crippen LogP contribution in [0.2, 0.25) is 0 Å². The van der Waals surface area contributed by atoms with Crippen LogP contribution in [-0.4, -0.2) is 36.9 Å². The molecule has 1 aromatic heterocycles. The van der Waals surface area contributed by atoms with Gasteiger partial charge in [0.25, 0.3) is 0 Å². The van der Waals surface area contributed by atoms with Crippen molar-refractivity contribution in [2.75, 3.05) is 23.9 Å². The maximum absolute atomic E-state index is 11.7. The lowest BCUT2D eigenvalue weighted by Gasteiger charge is -2.17. The molecular formula is C14H20IN3O2S. The fourth-order valence-electron chi connectivity index (χ4n) is 3.30. The normalized spacial score (nSPS) is 25.3. The van der Waals surface area contributed by atoms with Gasteiger partial charge >= 0.3 is 0 Å². The lowest BCUT2D eigenvalue weighted by atomic mass is 10.0. The van der Waals surface area contributed by atoms with Crippen LogP contribution >= 0.6 is 22.6 Å². The Hall–Kier alpha value is -0.440. The maximum Gasteiger partial charge on any atom is 0.151 e. The number of nitrogens with one attached hydrogen (secondary N) is 1. The van der Waals surface area contributed by atoms with Crippen LogP contribution in [0.5, 0.6) is 0 Å². The minimum Gasteiger partial charge on any atom is -0.372 e. The zero-order chi connectivity index (χ0) is 15.0. The highest BCUT2D eigenvalue weighted by molar-refractivity contribution is 14.1. The summed E-state index contributed by atoms with van der Waals surface area (Å²) < 4.78 is 24.5. The number of anilines is 1. The van der Waals surface area contributed by atoms with Gasteiger partial charge in [-0.3, -0.25) is 0 Å². The number of hydrogen-bond acceptors (Lipinski definition) is 5. The molecule has 1 N–H and O–H groups in total. The van der Waals surface area contributed by atoms with Crippen LogP contribution in [0.3, 0.4) is 0 Å². The summed E-state index contributed by atoms with van der Waals surface area (Å²) in [4.78, 5) is 9.36. The Bertz CT molecular complexity index is 642. The molecule has 7 heteroatoms. The van der Waals surface area contributed by atoms with E-state index in [-0.39, 0.29) is 17.4 Å². The molecule has 0 aromatic carbocycles. The largest absolute Gasteiger partial charge is 0.372 e. The first-order chi connectivity index (χ1) is 10.00. The molecule has 1 unspecified atom stereocenters. The van der Waals surface area contributed by atoms with Gasteiger partial charge in [0.05, 0.1) is 20.8 Å². The molecule has 1 saturated carbocycles. The molecule has 1 aliphatic carbocycles. The molecule has 0 radical (unpaired) electrons. The molecule has 21 heavy (non-hydrogen) atoms. The molecule has 1 aliphatic heterocycles. The number of aromatic nitrogens is 2. The predicted molar refractivity (Wildman–Crippen MR) is 91.5 cm³/mol. The lowest BCUT2D eigenvalue weighted by Crippen LogP contribution is -2.14. The Kier molecular flexibility index (Phi) is 4.40.